The van der Waals surface area contributed by atoms with Crippen LogP contribution in [0.25, 0.3) is 12.2 Å². The fraction of sp³-hybridized carbons (Fsp3) is 0. The largest absolute Gasteiger partial charge is 0.478 e. The van der Waals surface area contributed by atoms with E-state index >= 15 is 0 Å². The summed E-state index contributed by atoms with van der Waals surface area (Å²) in [6.45, 7) is 0. The predicted octanol–water partition coefficient (Wildman–Crippen LogP) is 2.99. The molecule has 0 aliphatic rings. The molecule has 0 bridgehead atoms. The second kappa shape index (κ2) is 8.26. The first-order valence-electron chi connectivity index (χ1n) is 7.38. The summed E-state index contributed by atoms with van der Waals surface area (Å²) in [5, 5.41) is 18.5. The zero-order valence-electron chi connectivity index (χ0n) is 13.3. The van der Waals surface area contributed by atoms with Gasteiger partial charge in [-0.1, -0.05) is 36.4 Å². The van der Waals surface area contributed by atoms with Crippen LogP contribution in [0.15, 0.2) is 60.7 Å². The lowest BCUT2D eigenvalue weighted by atomic mass is 10.1. The van der Waals surface area contributed by atoms with Crippen LogP contribution in [0.4, 0.5) is 5.69 Å². The third-order valence-electron chi connectivity index (χ3n) is 3.18. The summed E-state index contributed by atoms with van der Waals surface area (Å²) < 4.78 is 0. The van der Waals surface area contributed by atoms with Gasteiger partial charge in [-0.2, -0.15) is 0 Å². The number of hydrogen-bond acceptors (Lipinski definition) is 3. The van der Waals surface area contributed by atoms with Crippen LogP contribution >= 0.6 is 0 Å². The lowest BCUT2D eigenvalue weighted by Crippen LogP contribution is -2.20. The molecular formula is C19H17N3O3. The average molecular weight is 335 g/mol. The fourth-order valence-corrected chi connectivity index (χ4v) is 2.11. The zero-order chi connectivity index (χ0) is 18.2. The number of guanidine groups is 1. The van der Waals surface area contributed by atoms with Gasteiger partial charge in [0.05, 0.1) is 0 Å². The first-order chi connectivity index (χ1) is 11.9. The highest BCUT2D eigenvalue weighted by atomic mass is 16.4. The van der Waals surface area contributed by atoms with Gasteiger partial charge in [-0.05, 0) is 41.5 Å². The standard InChI is InChI=1S/C19H17N3O3/c20-19(21)22-16-6-2-5-15(12-16)17(23)9-7-13-3-1-4-14(11-13)8-10-18(24)25/h1-12H,(H,24,25)(H4,20,21,22). The van der Waals surface area contributed by atoms with Gasteiger partial charge in [0.1, 0.15) is 0 Å². The molecule has 0 spiro atoms. The van der Waals surface area contributed by atoms with Crippen molar-refractivity contribution in [3.05, 3.63) is 77.4 Å². The van der Waals surface area contributed by atoms with Gasteiger partial charge in [0.25, 0.3) is 0 Å². The predicted molar refractivity (Wildman–Crippen MR) is 98.5 cm³/mol. The Hall–Kier alpha value is -3.67. The maximum Gasteiger partial charge on any atom is 0.328 e. The molecule has 5 N–H and O–H groups in total. The number of carboxylic acids is 1. The Bertz CT molecular complexity index is 870. The molecule has 0 heterocycles. The quantitative estimate of drug-likeness (QED) is 0.280. The second-order valence-electron chi connectivity index (χ2n) is 5.16. The van der Waals surface area contributed by atoms with Gasteiger partial charge < -0.3 is 16.2 Å². The molecule has 0 saturated heterocycles. The molecule has 0 fully saturated rings. The minimum atomic E-state index is -1.02. The summed E-state index contributed by atoms with van der Waals surface area (Å²) in [6, 6.07) is 13.8. The molecule has 2 aromatic carbocycles. The molecule has 0 unspecified atom stereocenters. The summed E-state index contributed by atoms with van der Waals surface area (Å²) in [5.74, 6) is -1.42. The highest BCUT2D eigenvalue weighted by molar-refractivity contribution is 6.07. The van der Waals surface area contributed by atoms with Gasteiger partial charge in [0.2, 0.25) is 0 Å². The molecule has 0 radical (unpaired) electrons. The van der Waals surface area contributed by atoms with Gasteiger partial charge in [-0.3, -0.25) is 10.2 Å². The summed E-state index contributed by atoms with van der Waals surface area (Å²) in [5.41, 5.74) is 7.80. The van der Waals surface area contributed by atoms with Crippen molar-refractivity contribution < 1.29 is 14.7 Å². The number of carbonyl (C=O) groups excluding carboxylic acids is 1. The highest BCUT2D eigenvalue weighted by Crippen LogP contribution is 2.13. The molecule has 6 heteroatoms. The van der Waals surface area contributed by atoms with E-state index in [1.54, 1.807) is 48.5 Å². The van der Waals surface area contributed by atoms with Crippen LogP contribution in [-0.4, -0.2) is 22.8 Å². The molecule has 6 nitrogen and oxygen atoms in total. The Morgan fingerprint density at radius 1 is 1.00 bits per heavy atom. The van der Waals surface area contributed by atoms with E-state index in [-0.39, 0.29) is 11.7 Å². The number of aliphatic carboxylic acids is 1. The number of nitrogens with one attached hydrogen (secondary N) is 2. The van der Waals surface area contributed by atoms with Gasteiger partial charge in [0.15, 0.2) is 11.7 Å². The Morgan fingerprint density at radius 2 is 1.64 bits per heavy atom. The highest BCUT2D eigenvalue weighted by Gasteiger charge is 2.03. The third-order valence-corrected chi connectivity index (χ3v) is 3.18. The number of rotatable bonds is 6. The molecule has 0 amide bonds. The number of benzene rings is 2. The van der Waals surface area contributed by atoms with Crippen LogP contribution in [-0.2, 0) is 4.79 Å². The third kappa shape index (κ3) is 5.80. The smallest absolute Gasteiger partial charge is 0.328 e. The number of anilines is 1. The van der Waals surface area contributed by atoms with E-state index in [9.17, 15) is 9.59 Å². The van der Waals surface area contributed by atoms with E-state index in [1.165, 1.54) is 12.2 Å². The molecule has 25 heavy (non-hydrogen) atoms. The van der Waals surface area contributed by atoms with E-state index in [0.717, 1.165) is 17.2 Å². The second-order valence-corrected chi connectivity index (χ2v) is 5.16. The number of ketones is 1. The zero-order valence-corrected chi connectivity index (χ0v) is 13.3. The van der Waals surface area contributed by atoms with E-state index in [4.69, 9.17) is 16.2 Å². The Labute approximate surface area is 144 Å². The molecule has 0 aliphatic carbocycles. The van der Waals surface area contributed by atoms with Crippen molar-refractivity contribution in [1.29, 1.82) is 5.41 Å². The normalized spacial score (nSPS) is 10.9. The average Bonchev–Trinajstić information content (AvgIpc) is 2.58. The summed E-state index contributed by atoms with van der Waals surface area (Å²) in [7, 11) is 0. The fourth-order valence-electron chi connectivity index (χ4n) is 2.11. The summed E-state index contributed by atoms with van der Waals surface area (Å²) in [6.07, 6.45) is 5.64. The molecule has 126 valence electrons. The first kappa shape index (κ1) is 17.7. The van der Waals surface area contributed by atoms with Crippen molar-refractivity contribution in [3.8, 4) is 0 Å². The van der Waals surface area contributed by atoms with Crippen molar-refractivity contribution >= 4 is 35.6 Å². The van der Waals surface area contributed by atoms with Crippen LogP contribution < -0.4 is 11.1 Å². The number of hydrogen-bond donors (Lipinski definition) is 4. The molecule has 0 atom stereocenters. The molecule has 0 aliphatic heterocycles. The molecule has 2 aromatic rings. The van der Waals surface area contributed by atoms with Crippen molar-refractivity contribution in [1.82, 2.24) is 0 Å². The lowest BCUT2D eigenvalue weighted by molar-refractivity contribution is -0.131. The van der Waals surface area contributed by atoms with Gasteiger partial charge >= 0.3 is 5.97 Å². The molecule has 2 rings (SSSR count). The van der Waals surface area contributed by atoms with E-state index in [0.29, 0.717) is 11.3 Å². The topological polar surface area (TPSA) is 116 Å². The number of nitrogens with two attached hydrogens (primary N) is 1. The number of allylic oxidation sites excluding steroid dienone is 1. The number of carbonyl (C=O) groups is 2. The molecule has 0 saturated carbocycles. The molecular weight excluding hydrogens is 318 g/mol. The minimum absolute atomic E-state index is 0.196. The first-order valence-corrected chi connectivity index (χ1v) is 7.38. The van der Waals surface area contributed by atoms with Crippen molar-refractivity contribution in [2.45, 2.75) is 0 Å². The van der Waals surface area contributed by atoms with Crippen molar-refractivity contribution in [2.75, 3.05) is 5.32 Å². The van der Waals surface area contributed by atoms with Crippen LogP contribution in [0.5, 0.6) is 0 Å². The maximum absolute atomic E-state index is 12.3. The Kier molecular flexibility index (Phi) is 5.84. The monoisotopic (exact) mass is 335 g/mol. The Balaban J connectivity index is 2.13. The lowest BCUT2D eigenvalue weighted by Gasteiger charge is -2.04. The van der Waals surface area contributed by atoms with Crippen LogP contribution in [0, 0.1) is 5.41 Å². The maximum atomic E-state index is 12.3. The molecule has 0 aromatic heterocycles. The van der Waals surface area contributed by atoms with Crippen LogP contribution in [0.3, 0.4) is 0 Å². The van der Waals surface area contributed by atoms with E-state index in [2.05, 4.69) is 5.32 Å². The van der Waals surface area contributed by atoms with Crippen molar-refractivity contribution in [3.63, 3.8) is 0 Å². The van der Waals surface area contributed by atoms with Gasteiger partial charge in [-0.15, -0.1) is 0 Å². The van der Waals surface area contributed by atoms with E-state index in [1.807, 2.05) is 6.07 Å². The van der Waals surface area contributed by atoms with Gasteiger partial charge in [0, 0.05) is 17.3 Å². The van der Waals surface area contributed by atoms with Crippen LogP contribution in [0.2, 0.25) is 0 Å². The number of carboxylic acid groups (broad SMARTS) is 1. The van der Waals surface area contributed by atoms with E-state index < -0.39 is 5.97 Å². The van der Waals surface area contributed by atoms with Gasteiger partial charge in [-0.25, -0.2) is 4.79 Å². The minimum Gasteiger partial charge on any atom is -0.478 e. The summed E-state index contributed by atoms with van der Waals surface area (Å²) in [4.78, 5) is 22.8. The SMILES string of the molecule is N=C(N)Nc1cccc(C(=O)C=Cc2cccc(C=CC(=O)O)c2)c1. The summed E-state index contributed by atoms with van der Waals surface area (Å²) >= 11 is 0. The van der Waals surface area contributed by atoms with Crippen LogP contribution in [0.1, 0.15) is 21.5 Å². The van der Waals surface area contributed by atoms with Crippen molar-refractivity contribution in [2.24, 2.45) is 5.73 Å². The Morgan fingerprint density at radius 3 is 2.28 bits per heavy atom.